The van der Waals surface area contributed by atoms with Crippen LogP contribution < -0.4 is 11.1 Å². The third kappa shape index (κ3) is 2.74. The van der Waals surface area contributed by atoms with Crippen molar-refractivity contribution < 1.29 is 4.74 Å². The van der Waals surface area contributed by atoms with E-state index in [1.54, 1.807) is 0 Å². The van der Waals surface area contributed by atoms with Crippen LogP contribution in [0.3, 0.4) is 0 Å². The maximum atomic E-state index is 6.27. The molecular weight excluding hydrogens is 286 g/mol. The minimum Gasteiger partial charge on any atom is -0.377 e. The smallest absolute Gasteiger partial charge is 0.193 e. The third-order valence-electron chi connectivity index (χ3n) is 5.57. The number of aliphatic imine (C=N–C) groups is 1. The fraction of sp³-hybridized carbons (Fsp3) is 0.632. The summed E-state index contributed by atoms with van der Waals surface area (Å²) in [7, 11) is 0. The normalized spacial score (nSPS) is 29.0. The van der Waals surface area contributed by atoms with Gasteiger partial charge in [0.2, 0.25) is 0 Å². The van der Waals surface area contributed by atoms with Gasteiger partial charge in [-0.25, -0.2) is 4.99 Å². The Bertz CT molecular complexity index is 586. The standard InChI is InChI=1S/C19H29N3O/c1-5-12-8-7-9-13(6-2)15(12)21-18(20)22-16-14-10-11-23-17(14)19(16,3)4/h7-9,14,16-17H,5-6,10-11H2,1-4H3,(H3,20,21,22). The molecule has 1 aromatic rings. The zero-order valence-electron chi connectivity index (χ0n) is 14.7. The van der Waals surface area contributed by atoms with E-state index in [2.05, 4.69) is 51.2 Å². The fourth-order valence-electron chi connectivity index (χ4n) is 4.27. The van der Waals surface area contributed by atoms with Crippen molar-refractivity contribution in [1.82, 2.24) is 0 Å². The summed E-state index contributed by atoms with van der Waals surface area (Å²) in [4.78, 5) is 4.83. The number of anilines is 1. The molecule has 3 atom stereocenters. The van der Waals surface area contributed by atoms with Crippen LogP contribution in [0.4, 0.5) is 5.69 Å². The highest BCUT2D eigenvalue weighted by Gasteiger charge is 2.59. The van der Waals surface area contributed by atoms with E-state index in [9.17, 15) is 0 Å². The second kappa shape index (κ2) is 6.16. The number of para-hydroxylation sites is 1. The zero-order chi connectivity index (χ0) is 16.6. The first kappa shape index (κ1) is 16.3. The molecule has 23 heavy (non-hydrogen) atoms. The van der Waals surface area contributed by atoms with Gasteiger partial charge >= 0.3 is 0 Å². The number of benzene rings is 1. The van der Waals surface area contributed by atoms with E-state index in [1.807, 2.05) is 0 Å². The minimum absolute atomic E-state index is 0.0747. The van der Waals surface area contributed by atoms with Crippen molar-refractivity contribution in [3.05, 3.63) is 29.3 Å². The van der Waals surface area contributed by atoms with Gasteiger partial charge in [-0.15, -0.1) is 0 Å². The summed E-state index contributed by atoms with van der Waals surface area (Å²) in [5, 5.41) is 3.38. The Kier molecular flexibility index (Phi) is 4.37. The van der Waals surface area contributed by atoms with Gasteiger partial charge in [0.15, 0.2) is 5.96 Å². The van der Waals surface area contributed by atoms with Crippen molar-refractivity contribution in [3.63, 3.8) is 0 Å². The molecule has 1 saturated carbocycles. The molecule has 0 bridgehead atoms. The number of rotatable bonds is 4. The first-order valence-electron chi connectivity index (χ1n) is 8.81. The molecule has 3 unspecified atom stereocenters. The van der Waals surface area contributed by atoms with E-state index in [-0.39, 0.29) is 11.5 Å². The molecule has 3 N–H and O–H groups in total. The van der Waals surface area contributed by atoms with Gasteiger partial charge in [0.05, 0.1) is 12.1 Å². The van der Waals surface area contributed by atoms with Gasteiger partial charge in [0, 0.05) is 23.6 Å². The van der Waals surface area contributed by atoms with E-state index in [4.69, 9.17) is 15.5 Å². The average molecular weight is 315 g/mol. The minimum atomic E-state index is 0.0747. The average Bonchev–Trinajstić information content (AvgIpc) is 3.00. The highest BCUT2D eigenvalue weighted by Crippen LogP contribution is 2.53. The number of ether oxygens (including phenoxy) is 1. The molecule has 0 aromatic heterocycles. The van der Waals surface area contributed by atoms with Gasteiger partial charge in [-0.1, -0.05) is 45.9 Å². The van der Waals surface area contributed by atoms with Gasteiger partial charge < -0.3 is 15.8 Å². The number of nitrogens with two attached hydrogens (primary N) is 1. The number of guanidine groups is 1. The largest absolute Gasteiger partial charge is 0.377 e. The summed E-state index contributed by atoms with van der Waals surface area (Å²) in [6, 6.07) is 6.68. The first-order valence-corrected chi connectivity index (χ1v) is 8.81. The first-order chi connectivity index (χ1) is 11.0. The van der Waals surface area contributed by atoms with Gasteiger partial charge in [-0.3, -0.25) is 0 Å². The Morgan fingerprint density at radius 2 is 1.96 bits per heavy atom. The van der Waals surface area contributed by atoms with E-state index in [0.29, 0.717) is 18.0 Å². The second-order valence-electron chi connectivity index (χ2n) is 7.31. The molecule has 1 heterocycles. The van der Waals surface area contributed by atoms with Crippen molar-refractivity contribution in [2.24, 2.45) is 22.1 Å². The summed E-state index contributed by atoms with van der Waals surface area (Å²) in [6.45, 7) is 9.67. The van der Waals surface area contributed by atoms with Crippen molar-refractivity contribution in [3.8, 4) is 0 Å². The molecule has 4 heteroatoms. The Morgan fingerprint density at radius 1 is 1.30 bits per heavy atom. The molecule has 0 amide bonds. The van der Waals surface area contributed by atoms with E-state index in [0.717, 1.165) is 31.6 Å². The zero-order valence-corrected chi connectivity index (χ0v) is 14.7. The maximum absolute atomic E-state index is 6.27. The van der Waals surface area contributed by atoms with Crippen LogP contribution in [0.2, 0.25) is 0 Å². The summed E-state index contributed by atoms with van der Waals surface area (Å²) in [5.74, 6) is 1.06. The van der Waals surface area contributed by atoms with Crippen LogP contribution in [0.15, 0.2) is 23.2 Å². The summed E-state index contributed by atoms with van der Waals surface area (Å²) < 4.78 is 5.84. The molecule has 1 aliphatic carbocycles. The maximum Gasteiger partial charge on any atom is 0.193 e. The predicted molar refractivity (Wildman–Crippen MR) is 95.9 cm³/mol. The predicted octanol–water partition coefficient (Wildman–Crippen LogP) is 3.35. The van der Waals surface area contributed by atoms with Gasteiger partial charge in [0.25, 0.3) is 0 Å². The quantitative estimate of drug-likeness (QED) is 0.661. The molecule has 0 radical (unpaired) electrons. The molecule has 1 saturated heterocycles. The van der Waals surface area contributed by atoms with Gasteiger partial charge in [-0.05, 0) is 30.4 Å². The van der Waals surface area contributed by atoms with Crippen LogP contribution in [-0.4, -0.2) is 24.7 Å². The highest BCUT2D eigenvalue weighted by molar-refractivity contribution is 5.94. The summed E-state index contributed by atoms with van der Waals surface area (Å²) in [6.07, 6.45) is 3.41. The van der Waals surface area contributed by atoms with Crippen LogP contribution >= 0.6 is 0 Å². The molecule has 126 valence electrons. The Labute approximate surface area is 139 Å². The fourth-order valence-corrected chi connectivity index (χ4v) is 4.27. The molecule has 2 fully saturated rings. The second-order valence-corrected chi connectivity index (χ2v) is 7.31. The number of hydrogen-bond donors (Lipinski definition) is 2. The molecule has 1 aromatic carbocycles. The number of nitrogens with one attached hydrogen (secondary N) is 1. The Morgan fingerprint density at radius 3 is 2.57 bits per heavy atom. The Balaban J connectivity index is 1.81. The van der Waals surface area contributed by atoms with Crippen molar-refractivity contribution in [2.45, 2.75) is 59.1 Å². The lowest BCUT2D eigenvalue weighted by Gasteiger charge is -2.52. The lowest BCUT2D eigenvalue weighted by molar-refractivity contribution is -0.0985. The SMILES string of the molecule is CCc1cccc(CC)c1NC(N)=NC1C2CCOC2C1(C)C. The number of nitrogens with zero attached hydrogens (tertiary/aromatic N) is 1. The summed E-state index contributed by atoms with van der Waals surface area (Å²) >= 11 is 0. The number of fused-ring (bicyclic) bond motifs is 1. The van der Waals surface area contributed by atoms with Crippen LogP contribution in [0.5, 0.6) is 0 Å². The van der Waals surface area contributed by atoms with Gasteiger partial charge in [0.1, 0.15) is 0 Å². The third-order valence-corrected chi connectivity index (χ3v) is 5.57. The molecule has 1 aliphatic heterocycles. The van der Waals surface area contributed by atoms with E-state index < -0.39 is 0 Å². The molecule has 4 nitrogen and oxygen atoms in total. The number of hydrogen-bond acceptors (Lipinski definition) is 2. The Hall–Kier alpha value is -1.55. The van der Waals surface area contributed by atoms with Crippen LogP contribution in [0.1, 0.15) is 45.2 Å². The lowest BCUT2D eigenvalue weighted by Crippen LogP contribution is -2.59. The van der Waals surface area contributed by atoms with E-state index >= 15 is 0 Å². The topological polar surface area (TPSA) is 59.6 Å². The van der Waals surface area contributed by atoms with Crippen LogP contribution in [0, 0.1) is 11.3 Å². The lowest BCUT2D eigenvalue weighted by atomic mass is 9.57. The van der Waals surface area contributed by atoms with Crippen molar-refractivity contribution >= 4 is 11.6 Å². The molecule has 3 rings (SSSR count). The van der Waals surface area contributed by atoms with E-state index in [1.165, 1.54) is 11.1 Å². The molecule has 2 aliphatic rings. The van der Waals surface area contributed by atoms with Gasteiger partial charge in [-0.2, -0.15) is 0 Å². The van der Waals surface area contributed by atoms with Crippen LogP contribution in [-0.2, 0) is 17.6 Å². The summed E-state index contributed by atoms with van der Waals surface area (Å²) in [5.41, 5.74) is 10.1. The molecular formula is C19H29N3O. The number of aryl methyl sites for hydroxylation is 2. The monoisotopic (exact) mass is 315 g/mol. The van der Waals surface area contributed by atoms with Crippen molar-refractivity contribution in [2.75, 3.05) is 11.9 Å². The highest BCUT2D eigenvalue weighted by atomic mass is 16.5. The van der Waals surface area contributed by atoms with Crippen LogP contribution in [0.25, 0.3) is 0 Å². The molecule has 0 spiro atoms. The van der Waals surface area contributed by atoms with Crippen molar-refractivity contribution in [1.29, 1.82) is 0 Å².